The molecule has 1 aliphatic heterocycles. The van der Waals surface area contributed by atoms with Crippen LogP contribution >= 0.6 is 0 Å². The molecule has 1 aromatic rings. The Morgan fingerprint density at radius 2 is 2.25 bits per heavy atom. The van der Waals surface area contributed by atoms with Crippen LogP contribution in [0.3, 0.4) is 0 Å². The van der Waals surface area contributed by atoms with Crippen LogP contribution in [0.4, 0.5) is 5.69 Å². The fourth-order valence-electron chi connectivity index (χ4n) is 2.07. The molecule has 4 nitrogen and oxygen atoms in total. The first kappa shape index (κ1) is 10.8. The first-order valence-corrected chi connectivity index (χ1v) is 5.33. The SMILES string of the molecule is COC(=O)C1CCN(c2ccccc2O)C1. The third-order valence-electron chi connectivity index (χ3n) is 2.95. The number of nitrogens with zero attached hydrogens (tertiary/aromatic N) is 1. The highest BCUT2D eigenvalue weighted by Gasteiger charge is 2.29. The predicted molar refractivity (Wildman–Crippen MR) is 60.4 cm³/mol. The second-order valence-electron chi connectivity index (χ2n) is 3.94. The Labute approximate surface area is 94.4 Å². The summed E-state index contributed by atoms with van der Waals surface area (Å²) in [4.78, 5) is 13.4. The summed E-state index contributed by atoms with van der Waals surface area (Å²) in [5, 5.41) is 9.70. The third-order valence-corrected chi connectivity index (χ3v) is 2.95. The molecule has 2 rings (SSSR count). The molecule has 0 aliphatic carbocycles. The van der Waals surface area contributed by atoms with Crippen molar-refractivity contribution in [1.82, 2.24) is 0 Å². The molecule has 1 heterocycles. The molecule has 1 fully saturated rings. The summed E-state index contributed by atoms with van der Waals surface area (Å²) in [6, 6.07) is 7.17. The van der Waals surface area contributed by atoms with Crippen molar-refractivity contribution < 1.29 is 14.6 Å². The van der Waals surface area contributed by atoms with Gasteiger partial charge in [-0.3, -0.25) is 4.79 Å². The van der Waals surface area contributed by atoms with Crippen LogP contribution in [-0.4, -0.2) is 31.3 Å². The standard InChI is InChI=1S/C12H15NO3/c1-16-12(15)9-6-7-13(8-9)10-4-2-3-5-11(10)14/h2-5,9,14H,6-8H2,1H3. The zero-order valence-corrected chi connectivity index (χ0v) is 9.22. The van der Waals surface area contributed by atoms with E-state index in [2.05, 4.69) is 0 Å². The summed E-state index contributed by atoms with van der Waals surface area (Å²) in [6.07, 6.45) is 0.779. The van der Waals surface area contributed by atoms with Gasteiger partial charge in [0.2, 0.25) is 0 Å². The molecular formula is C12H15NO3. The first-order chi connectivity index (χ1) is 7.72. The topological polar surface area (TPSA) is 49.8 Å². The lowest BCUT2D eigenvalue weighted by molar-refractivity contribution is -0.144. The van der Waals surface area contributed by atoms with Crippen LogP contribution in [0.5, 0.6) is 5.75 Å². The monoisotopic (exact) mass is 221 g/mol. The lowest BCUT2D eigenvalue weighted by Gasteiger charge is -2.19. The highest BCUT2D eigenvalue weighted by atomic mass is 16.5. The van der Waals surface area contributed by atoms with E-state index in [4.69, 9.17) is 4.74 Å². The van der Waals surface area contributed by atoms with Crippen LogP contribution in [0.25, 0.3) is 0 Å². The van der Waals surface area contributed by atoms with Crippen LogP contribution < -0.4 is 4.90 Å². The second-order valence-corrected chi connectivity index (χ2v) is 3.94. The summed E-state index contributed by atoms with van der Waals surface area (Å²) in [6.45, 7) is 1.39. The molecule has 0 bridgehead atoms. The van der Waals surface area contributed by atoms with Gasteiger partial charge in [-0.15, -0.1) is 0 Å². The van der Waals surface area contributed by atoms with Crippen molar-refractivity contribution in [1.29, 1.82) is 0 Å². The van der Waals surface area contributed by atoms with Crippen molar-refractivity contribution in [3.05, 3.63) is 24.3 Å². The summed E-state index contributed by atoms with van der Waals surface area (Å²) in [7, 11) is 1.41. The van der Waals surface area contributed by atoms with Crippen molar-refractivity contribution in [3.8, 4) is 5.75 Å². The van der Waals surface area contributed by atoms with Crippen molar-refractivity contribution in [3.63, 3.8) is 0 Å². The van der Waals surface area contributed by atoms with Crippen LogP contribution in [0.15, 0.2) is 24.3 Å². The number of carbonyl (C=O) groups excluding carboxylic acids is 1. The lowest BCUT2D eigenvalue weighted by Crippen LogP contribution is -2.23. The van der Waals surface area contributed by atoms with E-state index in [1.165, 1.54) is 7.11 Å². The summed E-state index contributed by atoms with van der Waals surface area (Å²) < 4.78 is 4.72. The Bertz CT molecular complexity index is 392. The molecule has 16 heavy (non-hydrogen) atoms. The number of esters is 1. The molecule has 0 aromatic heterocycles. The van der Waals surface area contributed by atoms with E-state index >= 15 is 0 Å². The summed E-state index contributed by atoms with van der Waals surface area (Å²) in [5.74, 6) is 0.00976. The fraction of sp³-hybridized carbons (Fsp3) is 0.417. The largest absolute Gasteiger partial charge is 0.506 e. The van der Waals surface area contributed by atoms with E-state index in [-0.39, 0.29) is 17.6 Å². The molecule has 1 unspecified atom stereocenters. The van der Waals surface area contributed by atoms with E-state index in [9.17, 15) is 9.90 Å². The van der Waals surface area contributed by atoms with Gasteiger partial charge in [0.25, 0.3) is 0 Å². The lowest BCUT2D eigenvalue weighted by atomic mass is 10.1. The average molecular weight is 221 g/mol. The van der Waals surface area contributed by atoms with Crippen LogP contribution in [-0.2, 0) is 9.53 Å². The van der Waals surface area contributed by atoms with Crippen LogP contribution in [0.2, 0.25) is 0 Å². The van der Waals surface area contributed by atoms with Gasteiger partial charge in [0.15, 0.2) is 0 Å². The Hall–Kier alpha value is -1.71. The van der Waals surface area contributed by atoms with Gasteiger partial charge < -0.3 is 14.7 Å². The number of phenolic OH excluding ortho intramolecular Hbond substituents is 1. The van der Waals surface area contributed by atoms with Crippen molar-refractivity contribution in [2.45, 2.75) is 6.42 Å². The number of phenols is 1. The Kier molecular flexibility index (Phi) is 2.99. The number of para-hydroxylation sites is 2. The molecule has 1 aliphatic rings. The number of ether oxygens (including phenoxy) is 1. The number of methoxy groups -OCH3 is 1. The maximum Gasteiger partial charge on any atom is 0.310 e. The quantitative estimate of drug-likeness (QED) is 0.767. The minimum Gasteiger partial charge on any atom is -0.506 e. The molecule has 86 valence electrons. The number of aromatic hydroxyl groups is 1. The molecule has 0 amide bonds. The predicted octanol–water partition coefficient (Wildman–Crippen LogP) is 1.39. The van der Waals surface area contributed by atoms with Gasteiger partial charge in [-0.1, -0.05) is 12.1 Å². The normalized spacial score (nSPS) is 19.8. The van der Waals surface area contributed by atoms with Gasteiger partial charge in [0, 0.05) is 13.1 Å². The zero-order valence-electron chi connectivity index (χ0n) is 9.22. The minimum atomic E-state index is -0.169. The van der Waals surface area contributed by atoms with E-state index in [1.807, 2.05) is 17.0 Å². The third kappa shape index (κ3) is 1.96. The van der Waals surface area contributed by atoms with E-state index in [0.717, 1.165) is 18.7 Å². The number of hydrogen-bond acceptors (Lipinski definition) is 4. The number of benzene rings is 1. The van der Waals surface area contributed by atoms with E-state index < -0.39 is 0 Å². The average Bonchev–Trinajstić information content (AvgIpc) is 2.78. The maximum absolute atomic E-state index is 11.4. The highest BCUT2D eigenvalue weighted by molar-refractivity contribution is 5.74. The van der Waals surface area contributed by atoms with Gasteiger partial charge in [0.1, 0.15) is 5.75 Å². The maximum atomic E-state index is 11.4. The molecule has 0 saturated carbocycles. The van der Waals surface area contributed by atoms with Crippen molar-refractivity contribution in [2.24, 2.45) is 5.92 Å². The molecule has 1 atom stereocenters. The highest BCUT2D eigenvalue weighted by Crippen LogP contribution is 2.31. The number of anilines is 1. The van der Waals surface area contributed by atoms with Gasteiger partial charge in [-0.2, -0.15) is 0 Å². The van der Waals surface area contributed by atoms with Gasteiger partial charge in [-0.25, -0.2) is 0 Å². The Morgan fingerprint density at radius 3 is 2.94 bits per heavy atom. The molecule has 1 aromatic carbocycles. The molecule has 0 spiro atoms. The second kappa shape index (κ2) is 4.43. The molecule has 1 saturated heterocycles. The molecular weight excluding hydrogens is 206 g/mol. The van der Waals surface area contributed by atoms with Crippen LogP contribution in [0, 0.1) is 5.92 Å². The van der Waals surface area contributed by atoms with Crippen LogP contribution in [0.1, 0.15) is 6.42 Å². The molecule has 0 radical (unpaired) electrons. The minimum absolute atomic E-state index is 0.0791. The summed E-state index contributed by atoms with van der Waals surface area (Å²) >= 11 is 0. The smallest absolute Gasteiger partial charge is 0.310 e. The van der Waals surface area contributed by atoms with E-state index in [1.54, 1.807) is 12.1 Å². The number of rotatable bonds is 2. The number of carbonyl (C=O) groups is 1. The van der Waals surface area contributed by atoms with Gasteiger partial charge >= 0.3 is 5.97 Å². The Morgan fingerprint density at radius 1 is 1.50 bits per heavy atom. The van der Waals surface area contributed by atoms with Crippen molar-refractivity contribution in [2.75, 3.05) is 25.1 Å². The Balaban J connectivity index is 2.09. The summed E-state index contributed by atoms with van der Waals surface area (Å²) in [5.41, 5.74) is 0.786. The first-order valence-electron chi connectivity index (χ1n) is 5.33. The van der Waals surface area contributed by atoms with Gasteiger partial charge in [-0.05, 0) is 18.6 Å². The molecule has 4 heteroatoms. The molecule has 1 N–H and O–H groups in total. The van der Waals surface area contributed by atoms with Crippen molar-refractivity contribution >= 4 is 11.7 Å². The van der Waals surface area contributed by atoms with Gasteiger partial charge in [0.05, 0.1) is 18.7 Å². The van der Waals surface area contributed by atoms with E-state index in [0.29, 0.717) is 6.54 Å². The fourth-order valence-corrected chi connectivity index (χ4v) is 2.07. The zero-order chi connectivity index (χ0) is 11.5. The number of hydrogen-bond donors (Lipinski definition) is 1.